The van der Waals surface area contributed by atoms with Crippen molar-refractivity contribution >= 4 is 60.5 Å². The summed E-state index contributed by atoms with van der Waals surface area (Å²) in [5.41, 5.74) is 9.90. The molecule has 0 spiro atoms. The van der Waals surface area contributed by atoms with Crippen molar-refractivity contribution in [3.8, 4) is 22.3 Å². The minimum absolute atomic E-state index is 0.869. The Balaban J connectivity index is 1.27. The van der Waals surface area contributed by atoms with Crippen LogP contribution in [-0.2, 0) is 0 Å². The van der Waals surface area contributed by atoms with Crippen LogP contribution in [0.2, 0.25) is 0 Å². The van der Waals surface area contributed by atoms with Crippen LogP contribution in [0.4, 0.5) is 17.1 Å². The number of fused-ring (bicyclic) bond motifs is 6. The summed E-state index contributed by atoms with van der Waals surface area (Å²) in [5, 5.41) is 6.96. The van der Waals surface area contributed by atoms with Gasteiger partial charge in [0.05, 0.1) is 5.69 Å². The molecule has 0 fully saturated rings. The summed E-state index contributed by atoms with van der Waals surface area (Å²) >= 11 is 0. The van der Waals surface area contributed by atoms with Crippen molar-refractivity contribution in [1.29, 1.82) is 0 Å². The Bertz CT molecular complexity index is 2510. The predicted molar refractivity (Wildman–Crippen MR) is 194 cm³/mol. The van der Waals surface area contributed by atoms with Crippen molar-refractivity contribution in [1.82, 2.24) is 0 Å². The van der Waals surface area contributed by atoms with Crippen molar-refractivity contribution in [2.24, 2.45) is 0 Å². The van der Waals surface area contributed by atoms with E-state index in [1.807, 2.05) is 0 Å². The second-order valence-electron chi connectivity index (χ2n) is 11.7. The van der Waals surface area contributed by atoms with Gasteiger partial charge in [0.1, 0.15) is 11.2 Å². The fourth-order valence-corrected chi connectivity index (χ4v) is 6.93. The van der Waals surface area contributed by atoms with Crippen LogP contribution in [0.15, 0.2) is 180 Å². The minimum Gasteiger partial charge on any atom is -0.455 e. The highest BCUT2D eigenvalue weighted by Gasteiger charge is 2.20. The maximum atomic E-state index is 6.76. The molecule has 0 saturated carbocycles. The van der Waals surface area contributed by atoms with Gasteiger partial charge >= 0.3 is 0 Å². The molecule has 2 heteroatoms. The molecule has 0 N–H and O–H groups in total. The monoisotopic (exact) mass is 587 g/mol. The van der Waals surface area contributed by atoms with Crippen LogP contribution < -0.4 is 4.90 Å². The molecule has 1 heterocycles. The lowest BCUT2D eigenvalue weighted by Crippen LogP contribution is -2.10. The first-order valence-corrected chi connectivity index (χ1v) is 15.7. The third-order valence-corrected chi connectivity index (χ3v) is 9.05. The summed E-state index contributed by atoms with van der Waals surface area (Å²) in [7, 11) is 0. The molecule has 0 saturated heterocycles. The number of anilines is 3. The Kier molecular flexibility index (Phi) is 6.17. The van der Waals surface area contributed by atoms with Gasteiger partial charge in [-0.2, -0.15) is 0 Å². The number of furan rings is 1. The number of hydrogen-bond acceptors (Lipinski definition) is 2. The van der Waals surface area contributed by atoms with Crippen LogP contribution in [0, 0.1) is 0 Å². The van der Waals surface area contributed by atoms with Gasteiger partial charge in [0.25, 0.3) is 0 Å². The van der Waals surface area contributed by atoms with E-state index in [0.29, 0.717) is 0 Å². The van der Waals surface area contributed by atoms with Gasteiger partial charge in [-0.05, 0) is 69.4 Å². The Morgan fingerprint density at radius 1 is 0.348 bits per heavy atom. The first-order chi connectivity index (χ1) is 22.8. The molecule has 9 aromatic rings. The molecular weight excluding hydrogens is 558 g/mol. The fourth-order valence-electron chi connectivity index (χ4n) is 6.93. The summed E-state index contributed by atoms with van der Waals surface area (Å²) in [6, 6.07) is 62.5. The van der Waals surface area contributed by atoms with Gasteiger partial charge in [0.2, 0.25) is 0 Å². The van der Waals surface area contributed by atoms with E-state index in [1.54, 1.807) is 0 Å². The highest BCUT2D eigenvalue weighted by atomic mass is 16.3. The summed E-state index contributed by atoms with van der Waals surface area (Å²) in [6.07, 6.45) is 0. The standard InChI is InChI=1S/C44H29NO/c1-4-14-30(15-5-1)34-26-27-42(37-22-12-10-20-35(34)37)45(32-18-8-3-9-19-32)33-24-25-38-41-29-40(31-16-6-2-7-17-31)36-21-11-13-23-39(36)44(41)46-43(38)28-33/h1-29H. The topological polar surface area (TPSA) is 16.4 Å². The highest BCUT2D eigenvalue weighted by Crippen LogP contribution is 2.45. The first-order valence-electron chi connectivity index (χ1n) is 15.7. The van der Waals surface area contributed by atoms with E-state index in [1.165, 1.54) is 38.4 Å². The van der Waals surface area contributed by atoms with Crippen LogP contribution in [-0.4, -0.2) is 0 Å². The van der Waals surface area contributed by atoms with Gasteiger partial charge in [-0.1, -0.05) is 133 Å². The smallest absolute Gasteiger partial charge is 0.143 e. The lowest BCUT2D eigenvalue weighted by molar-refractivity contribution is 0.673. The Morgan fingerprint density at radius 2 is 0.913 bits per heavy atom. The quantitative estimate of drug-likeness (QED) is 0.199. The summed E-state index contributed by atoms with van der Waals surface area (Å²) in [4.78, 5) is 2.34. The zero-order chi connectivity index (χ0) is 30.5. The van der Waals surface area contributed by atoms with E-state index in [2.05, 4.69) is 181 Å². The molecule has 216 valence electrons. The second-order valence-corrected chi connectivity index (χ2v) is 11.7. The normalized spacial score (nSPS) is 11.5. The van der Waals surface area contributed by atoms with Crippen LogP contribution in [0.1, 0.15) is 0 Å². The van der Waals surface area contributed by atoms with Crippen molar-refractivity contribution in [2.75, 3.05) is 4.90 Å². The number of benzene rings is 8. The maximum Gasteiger partial charge on any atom is 0.143 e. The molecule has 9 rings (SSSR count). The lowest BCUT2D eigenvalue weighted by atomic mass is 9.95. The van der Waals surface area contributed by atoms with Crippen LogP contribution in [0.25, 0.3) is 65.7 Å². The van der Waals surface area contributed by atoms with Gasteiger partial charge in [-0.3, -0.25) is 0 Å². The molecule has 0 unspecified atom stereocenters. The third-order valence-electron chi connectivity index (χ3n) is 9.05. The van der Waals surface area contributed by atoms with Gasteiger partial charge in [0.15, 0.2) is 0 Å². The average Bonchev–Trinajstić information content (AvgIpc) is 3.51. The van der Waals surface area contributed by atoms with Crippen molar-refractivity contribution in [2.45, 2.75) is 0 Å². The van der Waals surface area contributed by atoms with Crippen LogP contribution >= 0.6 is 0 Å². The lowest BCUT2D eigenvalue weighted by Gasteiger charge is -2.27. The summed E-state index contributed by atoms with van der Waals surface area (Å²) in [6.45, 7) is 0. The molecule has 0 amide bonds. The molecule has 0 aliphatic carbocycles. The predicted octanol–water partition coefficient (Wildman–Crippen LogP) is 12.7. The van der Waals surface area contributed by atoms with Gasteiger partial charge < -0.3 is 9.32 Å². The average molecular weight is 588 g/mol. The van der Waals surface area contributed by atoms with Crippen LogP contribution in [0.5, 0.6) is 0 Å². The molecule has 2 nitrogen and oxygen atoms in total. The fraction of sp³-hybridized carbons (Fsp3) is 0. The zero-order valence-electron chi connectivity index (χ0n) is 25.1. The molecule has 0 aliphatic heterocycles. The maximum absolute atomic E-state index is 6.76. The third kappa shape index (κ3) is 4.27. The number of nitrogens with zero attached hydrogens (tertiary/aromatic N) is 1. The molecular formula is C44H29NO. The zero-order valence-corrected chi connectivity index (χ0v) is 25.1. The number of hydrogen-bond donors (Lipinski definition) is 0. The van der Waals surface area contributed by atoms with Crippen molar-refractivity contribution in [3.05, 3.63) is 176 Å². The van der Waals surface area contributed by atoms with E-state index < -0.39 is 0 Å². The van der Waals surface area contributed by atoms with E-state index in [4.69, 9.17) is 4.42 Å². The van der Waals surface area contributed by atoms with Crippen molar-refractivity contribution < 1.29 is 4.42 Å². The Hall–Kier alpha value is -6.12. The van der Waals surface area contributed by atoms with E-state index in [-0.39, 0.29) is 0 Å². The molecule has 0 radical (unpaired) electrons. The van der Waals surface area contributed by atoms with Gasteiger partial charge in [-0.25, -0.2) is 0 Å². The second kappa shape index (κ2) is 10.8. The molecule has 0 bridgehead atoms. The molecule has 8 aromatic carbocycles. The Morgan fingerprint density at radius 3 is 1.61 bits per heavy atom. The number of para-hydroxylation sites is 1. The molecule has 0 atom stereocenters. The largest absolute Gasteiger partial charge is 0.455 e. The Labute approximate surface area is 267 Å². The van der Waals surface area contributed by atoms with Crippen LogP contribution in [0.3, 0.4) is 0 Å². The van der Waals surface area contributed by atoms with Crippen molar-refractivity contribution in [3.63, 3.8) is 0 Å². The van der Waals surface area contributed by atoms with E-state index >= 15 is 0 Å². The minimum atomic E-state index is 0.869. The number of rotatable bonds is 5. The SMILES string of the molecule is c1ccc(-c2ccc(N(c3ccccc3)c3ccc4c(c3)oc3c5ccccc5c(-c5ccccc5)cc43)c3ccccc23)cc1. The summed E-state index contributed by atoms with van der Waals surface area (Å²) in [5.74, 6) is 0. The first kappa shape index (κ1) is 26.3. The molecule has 0 aliphatic rings. The van der Waals surface area contributed by atoms with Gasteiger partial charge in [-0.15, -0.1) is 0 Å². The van der Waals surface area contributed by atoms with Gasteiger partial charge in [0, 0.05) is 39.0 Å². The molecule has 46 heavy (non-hydrogen) atoms. The van der Waals surface area contributed by atoms with E-state index in [9.17, 15) is 0 Å². The molecule has 1 aromatic heterocycles. The highest BCUT2D eigenvalue weighted by molar-refractivity contribution is 6.19. The summed E-state index contributed by atoms with van der Waals surface area (Å²) < 4.78 is 6.76. The van der Waals surface area contributed by atoms with E-state index in [0.717, 1.165) is 44.4 Å².